The van der Waals surface area contributed by atoms with Crippen molar-refractivity contribution in [2.45, 2.75) is 4.90 Å². The number of ether oxygens (including phenoxy) is 2. The fourth-order valence-corrected chi connectivity index (χ4v) is 5.04. The van der Waals surface area contributed by atoms with Crippen LogP contribution in [0.15, 0.2) is 95.9 Å². The molecule has 0 unspecified atom stereocenters. The van der Waals surface area contributed by atoms with Crippen molar-refractivity contribution in [3.05, 3.63) is 96.8 Å². The molecule has 0 aliphatic heterocycles. The van der Waals surface area contributed by atoms with Gasteiger partial charge in [0.05, 0.1) is 36.6 Å². The third kappa shape index (κ3) is 5.68. The Kier molecular flexibility index (Phi) is 7.15. The number of nitrogens with zero attached hydrogens (tertiary/aromatic N) is 2. The molecule has 3 N–H and O–H groups in total. The summed E-state index contributed by atoms with van der Waals surface area (Å²) in [5.41, 5.74) is 1.91. The second-order valence-electron chi connectivity index (χ2n) is 8.34. The van der Waals surface area contributed by atoms with Crippen molar-refractivity contribution in [2.24, 2.45) is 0 Å². The molecule has 9 nitrogen and oxygen atoms in total. The summed E-state index contributed by atoms with van der Waals surface area (Å²) in [4.78, 5) is 9.05. The Morgan fingerprint density at radius 1 is 0.692 bits per heavy atom. The molecule has 198 valence electrons. The number of sulfonamides is 1. The van der Waals surface area contributed by atoms with E-state index in [9.17, 15) is 12.8 Å². The number of aromatic nitrogens is 2. The number of hydrogen-bond donors (Lipinski definition) is 3. The Morgan fingerprint density at radius 2 is 1.26 bits per heavy atom. The van der Waals surface area contributed by atoms with Crippen LogP contribution in [-0.2, 0) is 10.0 Å². The fraction of sp³-hybridized carbons (Fsp3) is 0.0714. The minimum absolute atomic E-state index is 0.0313. The molecular formula is C28H24FN5O4S. The van der Waals surface area contributed by atoms with Gasteiger partial charge in [-0.1, -0.05) is 36.4 Å². The monoisotopic (exact) mass is 545 g/mol. The lowest BCUT2D eigenvalue weighted by Gasteiger charge is -2.17. The molecule has 0 radical (unpaired) electrons. The van der Waals surface area contributed by atoms with Crippen LogP contribution in [0.1, 0.15) is 0 Å². The summed E-state index contributed by atoms with van der Waals surface area (Å²) in [5.74, 6) is 0.670. The van der Waals surface area contributed by atoms with Crippen LogP contribution in [0.25, 0.3) is 11.0 Å². The summed E-state index contributed by atoms with van der Waals surface area (Å²) in [7, 11) is -1.16. The lowest BCUT2D eigenvalue weighted by Crippen LogP contribution is -2.17. The van der Waals surface area contributed by atoms with E-state index in [2.05, 4.69) is 25.3 Å². The van der Waals surface area contributed by atoms with Crippen LogP contribution in [-0.4, -0.2) is 32.6 Å². The van der Waals surface area contributed by atoms with Gasteiger partial charge in [-0.25, -0.2) is 22.8 Å². The van der Waals surface area contributed by atoms with Gasteiger partial charge in [-0.2, -0.15) is 0 Å². The topological polar surface area (TPSA) is 114 Å². The number of halogens is 1. The molecule has 0 fully saturated rings. The predicted octanol–water partition coefficient (Wildman–Crippen LogP) is 6.07. The molecule has 0 spiro atoms. The lowest BCUT2D eigenvalue weighted by atomic mass is 10.2. The third-order valence-corrected chi connectivity index (χ3v) is 7.13. The number of para-hydroxylation sites is 4. The molecule has 0 bridgehead atoms. The maximum absolute atomic E-state index is 14.3. The highest BCUT2D eigenvalue weighted by molar-refractivity contribution is 7.92. The Balaban J connectivity index is 1.55. The molecule has 1 aromatic heterocycles. The highest BCUT2D eigenvalue weighted by Crippen LogP contribution is 2.33. The predicted molar refractivity (Wildman–Crippen MR) is 149 cm³/mol. The number of methoxy groups -OCH3 is 2. The Morgan fingerprint density at radius 3 is 1.90 bits per heavy atom. The molecule has 5 aromatic rings. The van der Waals surface area contributed by atoms with Gasteiger partial charge >= 0.3 is 0 Å². The zero-order chi connectivity index (χ0) is 27.4. The van der Waals surface area contributed by atoms with Crippen LogP contribution < -0.4 is 24.8 Å². The molecule has 39 heavy (non-hydrogen) atoms. The van der Waals surface area contributed by atoms with E-state index in [4.69, 9.17) is 9.47 Å². The van der Waals surface area contributed by atoms with Crippen LogP contribution >= 0.6 is 0 Å². The van der Waals surface area contributed by atoms with Crippen molar-refractivity contribution in [3.63, 3.8) is 0 Å². The van der Waals surface area contributed by atoms with Crippen LogP contribution in [0, 0.1) is 5.82 Å². The number of rotatable bonds is 9. The average Bonchev–Trinajstić information content (AvgIpc) is 2.94. The first-order valence-corrected chi connectivity index (χ1v) is 13.2. The van der Waals surface area contributed by atoms with E-state index in [-0.39, 0.29) is 27.9 Å². The van der Waals surface area contributed by atoms with E-state index in [0.29, 0.717) is 28.2 Å². The molecular weight excluding hydrogens is 521 g/mol. The average molecular weight is 546 g/mol. The van der Waals surface area contributed by atoms with E-state index in [1.54, 1.807) is 66.7 Å². The maximum Gasteiger partial charge on any atom is 0.265 e. The van der Waals surface area contributed by atoms with Gasteiger partial charge in [-0.15, -0.1) is 0 Å². The van der Waals surface area contributed by atoms with Gasteiger partial charge in [0.1, 0.15) is 22.2 Å². The minimum atomic E-state index is -4.21. The first-order chi connectivity index (χ1) is 18.9. The van der Waals surface area contributed by atoms with Crippen molar-refractivity contribution in [2.75, 3.05) is 29.6 Å². The lowest BCUT2D eigenvalue weighted by molar-refractivity contribution is 0.395. The molecule has 11 heteroatoms. The molecule has 0 aliphatic carbocycles. The number of hydrogen-bond acceptors (Lipinski definition) is 8. The summed E-state index contributed by atoms with van der Waals surface area (Å²) >= 11 is 0. The molecule has 0 saturated carbocycles. The van der Waals surface area contributed by atoms with E-state index >= 15 is 0 Å². The number of fused-ring (bicyclic) bond motifs is 1. The van der Waals surface area contributed by atoms with Crippen LogP contribution in [0.2, 0.25) is 0 Å². The summed E-state index contributed by atoms with van der Waals surface area (Å²) in [6.45, 7) is 0. The SMILES string of the molecule is COc1cc(Nc2nc3ccccc3nc2NS(=O)(=O)c2ccccc2Nc2ccccc2F)cc(OC)c1. The molecule has 4 aromatic carbocycles. The van der Waals surface area contributed by atoms with Crippen LogP contribution in [0.5, 0.6) is 11.5 Å². The van der Waals surface area contributed by atoms with E-state index in [0.717, 1.165) is 0 Å². The first-order valence-electron chi connectivity index (χ1n) is 11.8. The van der Waals surface area contributed by atoms with E-state index < -0.39 is 15.8 Å². The van der Waals surface area contributed by atoms with Crippen LogP contribution in [0.4, 0.5) is 33.1 Å². The van der Waals surface area contributed by atoms with Crippen LogP contribution in [0.3, 0.4) is 0 Å². The van der Waals surface area contributed by atoms with Crippen molar-refractivity contribution in [3.8, 4) is 11.5 Å². The van der Waals surface area contributed by atoms with Crippen molar-refractivity contribution >= 4 is 49.8 Å². The first kappa shape index (κ1) is 25.7. The summed E-state index contributed by atoms with van der Waals surface area (Å²) in [5, 5.41) is 5.99. The summed E-state index contributed by atoms with van der Waals surface area (Å²) < 4.78 is 54.9. The smallest absolute Gasteiger partial charge is 0.265 e. The van der Waals surface area contributed by atoms with Gasteiger partial charge in [0.15, 0.2) is 11.6 Å². The minimum Gasteiger partial charge on any atom is -0.497 e. The number of benzene rings is 4. The second-order valence-corrected chi connectivity index (χ2v) is 9.99. The van der Waals surface area contributed by atoms with E-state index in [1.807, 2.05) is 6.07 Å². The van der Waals surface area contributed by atoms with Gasteiger partial charge in [-0.05, 0) is 36.4 Å². The quantitative estimate of drug-likeness (QED) is 0.204. The van der Waals surface area contributed by atoms with E-state index in [1.165, 1.54) is 32.4 Å². The van der Waals surface area contributed by atoms with Crippen molar-refractivity contribution in [1.82, 2.24) is 9.97 Å². The maximum atomic E-state index is 14.3. The van der Waals surface area contributed by atoms with Crippen molar-refractivity contribution in [1.29, 1.82) is 0 Å². The molecule has 1 heterocycles. The fourth-order valence-electron chi connectivity index (χ4n) is 3.87. The molecule has 0 atom stereocenters. The Hall–Kier alpha value is -4.90. The molecule has 0 saturated heterocycles. The molecule has 0 amide bonds. The number of nitrogens with one attached hydrogen (secondary N) is 3. The van der Waals surface area contributed by atoms with Gasteiger partial charge in [0.25, 0.3) is 10.0 Å². The second kappa shape index (κ2) is 10.8. The standard InChI is InChI=1S/C28H24FN5O4S/c1-37-19-15-18(16-20(17-19)38-2)30-27-28(33-24-12-6-5-11-23(24)32-27)34-39(35,36)26-14-8-7-13-25(26)31-22-10-4-3-9-21(22)29/h3-17,31H,1-2H3,(H,30,32)(H,33,34). The summed E-state index contributed by atoms with van der Waals surface area (Å²) in [6, 6.07) is 24.4. The Labute approximate surface area is 224 Å². The largest absolute Gasteiger partial charge is 0.497 e. The van der Waals surface area contributed by atoms with Gasteiger partial charge < -0.3 is 20.1 Å². The Bertz CT molecular complexity index is 1740. The molecule has 0 aliphatic rings. The third-order valence-electron chi connectivity index (χ3n) is 5.74. The molecule has 5 rings (SSSR count). The van der Waals surface area contributed by atoms with Gasteiger partial charge in [0.2, 0.25) is 0 Å². The van der Waals surface area contributed by atoms with Crippen molar-refractivity contribution < 1.29 is 22.3 Å². The number of anilines is 5. The highest BCUT2D eigenvalue weighted by Gasteiger charge is 2.23. The zero-order valence-corrected chi connectivity index (χ0v) is 21.8. The summed E-state index contributed by atoms with van der Waals surface area (Å²) in [6.07, 6.45) is 0. The van der Waals surface area contributed by atoms with Gasteiger partial charge in [0, 0.05) is 23.9 Å². The zero-order valence-electron chi connectivity index (χ0n) is 21.0. The highest BCUT2D eigenvalue weighted by atomic mass is 32.2. The normalized spacial score (nSPS) is 11.2. The van der Waals surface area contributed by atoms with Gasteiger partial charge in [-0.3, -0.25) is 4.72 Å².